The van der Waals surface area contributed by atoms with E-state index in [0.29, 0.717) is 0 Å². The molecule has 0 saturated heterocycles. The Hall–Kier alpha value is -1.41. The highest BCUT2D eigenvalue weighted by Crippen LogP contribution is 2.29. The van der Waals surface area contributed by atoms with Gasteiger partial charge in [0.2, 0.25) is 0 Å². The molecule has 1 aromatic carbocycles. The summed E-state index contributed by atoms with van der Waals surface area (Å²) in [5.74, 6) is 0.187. The molecule has 1 aliphatic rings. The zero-order chi connectivity index (χ0) is 12.5. The fourth-order valence-electron chi connectivity index (χ4n) is 2.85. The average molecular weight is 241 g/mol. The number of aryl methyl sites for hydroxylation is 2. The van der Waals surface area contributed by atoms with Crippen LogP contribution in [0.15, 0.2) is 24.4 Å². The standard InChI is InChI=1S/C16H19NO/c1-11(10-18)12-6-7-15-14-5-3-2-4-13(14)9-17-16(15)8-12/h6-9,11,18H,2-5,10H2,1H3. The highest BCUT2D eigenvalue weighted by molar-refractivity contribution is 5.84. The molecule has 1 aromatic heterocycles. The summed E-state index contributed by atoms with van der Waals surface area (Å²) in [7, 11) is 0. The van der Waals surface area contributed by atoms with Crippen molar-refractivity contribution < 1.29 is 5.11 Å². The third-order valence-electron chi connectivity index (χ3n) is 4.06. The monoisotopic (exact) mass is 241 g/mol. The first-order valence-corrected chi connectivity index (χ1v) is 6.81. The lowest BCUT2D eigenvalue weighted by molar-refractivity contribution is 0.273. The summed E-state index contributed by atoms with van der Waals surface area (Å²) in [6, 6.07) is 6.46. The molecule has 3 rings (SSSR count). The molecule has 1 atom stereocenters. The Morgan fingerprint density at radius 2 is 2.11 bits per heavy atom. The molecule has 0 saturated carbocycles. The minimum atomic E-state index is 0.187. The van der Waals surface area contributed by atoms with E-state index >= 15 is 0 Å². The molecular formula is C16H19NO. The zero-order valence-electron chi connectivity index (χ0n) is 10.8. The fraction of sp³-hybridized carbons (Fsp3) is 0.438. The van der Waals surface area contributed by atoms with Crippen LogP contribution < -0.4 is 0 Å². The van der Waals surface area contributed by atoms with Gasteiger partial charge < -0.3 is 5.11 Å². The summed E-state index contributed by atoms with van der Waals surface area (Å²) in [6.45, 7) is 2.23. The van der Waals surface area contributed by atoms with Crippen LogP contribution in [0.2, 0.25) is 0 Å². The van der Waals surface area contributed by atoms with E-state index in [1.54, 1.807) is 0 Å². The summed E-state index contributed by atoms with van der Waals surface area (Å²) >= 11 is 0. The van der Waals surface area contributed by atoms with Crippen molar-refractivity contribution in [2.24, 2.45) is 0 Å². The summed E-state index contributed by atoms with van der Waals surface area (Å²) in [6.07, 6.45) is 6.99. The van der Waals surface area contributed by atoms with Gasteiger partial charge in [0.1, 0.15) is 0 Å². The molecule has 1 N–H and O–H groups in total. The van der Waals surface area contributed by atoms with Gasteiger partial charge in [-0.25, -0.2) is 0 Å². The second kappa shape index (κ2) is 4.69. The van der Waals surface area contributed by atoms with Crippen molar-refractivity contribution in [2.75, 3.05) is 6.61 Å². The van der Waals surface area contributed by atoms with E-state index in [0.717, 1.165) is 5.52 Å². The Kier molecular flexibility index (Phi) is 3.04. The van der Waals surface area contributed by atoms with E-state index in [4.69, 9.17) is 0 Å². The number of hydrogen-bond acceptors (Lipinski definition) is 2. The first kappa shape index (κ1) is 11.7. The molecule has 2 nitrogen and oxygen atoms in total. The van der Waals surface area contributed by atoms with Gasteiger partial charge in [-0.15, -0.1) is 0 Å². The molecule has 0 radical (unpaired) electrons. The third-order valence-corrected chi connectivity index (χ3v) is 4.06. The van der Waals surface area contributed by atoms with Crippen molar-refractivity contribution in [3.63, 3.8) is 0 Å². The Bertz CT molecular complexity index is 577. The first-order chi connectivity index (χ1) is 8.79. The van der Waals surface area contributed by atoms with Gasteiger partial charge in [0.25, 0.3) is 0 Å². The number of nitrogens with zero attached hydrogens (tertiary/aromatic N) is 1. The quantitative estimate of drug-likeness (QED) is 0.875. The predicted octanol–water partition coefficient (Wildman–Crippen LogP) is 3.21. The van der Waals surface area contributed by atoms with Crippen molar-refractivity contribution in [1.29, 1.82) is 0 Å². The van der Waals surface area contributed by atoms with Crippen LogP contribution in [0.3, 0.4) is 0 Å². The number of rotatable bonds is 2. The van der Waals surface area contributed by atoms with Gasteiger partial charge >= 0.3 is 0 Å². The van der Waals surface area contributed by atoms with Gasteiger partial charge in [0.15, 0.2) is 0 Å². The second-order valence-corrected chi connectivity index (χ2v) is 5.33. The molecule has 0 bridgehead atoms. The van der Waals surface area contributed by atoms with Crippen molar-refractivity contribution in [3.8, 4) is 0 Å². The van der Waals surface area contributed by atoms with Crippen molar-refractivity contribution in [3.05, 3.63) is 41.1 Å². The molecule has 0 amide bonds. The van der Waals surface area contributed by atoms with Crippen molar-refractivity contribution >= 4 is 10.9 Å². The minimum Gasteiger partial charge on any atom is -0.396 e. The van der Waals surface area contributed by atoms with Gasteiger partial charge in [-0.1, -0.05) is 19.1 Å². The molecule has 94 valence electrons. The van der Waals surface area contributed by atoms with Gasteiger partial charge in [0, 0.05) is 24.1 Å². The number of aliphatic hydroxyl groups is 1. The highest BCUT2D eigenvalue weighted by atomic mass is 16.3. The molecule has 1 unspecified atom stereocenters. The maximum atomic E-state index is 9.23. The number of hydrogen-bond donors (Lipinski definition) is 1. The largest absolute Gasteiger partial charge is 0.396 e. The lowest BCUT2D eigenvalue weighted by Crippen LogP contribution is -2.05. The van der Waals surface area contributed by atoms with Crippen LogP contribution in [0.5, 0.6) is 0 Å². The van der Waals surface area contributed by atoms with Crippen molar-refractivity contribution in [1.82, 2.24) is 4.98 Å². The van der Waals surface area contributed by atoms with E-state index in [1.807, 2.05) is 13.1 Å². The van der Waals surface area contributed by atoms with E-state index in [9.17, 15) is 5.11 Å². The molecule has 0 spiro atoms. The number of fused-ring (bicyclic) bond motifs is 3. The highest BCUT2D eigenvalue weighted by Gasteiger charge is 2.14. The fourth-order valence-corrected chi connectivity index (χ4v) is 2.85. The number of pyridine rings is 1. The third kappa shape index (κ3) is 1.91. The van der Waals surface area contributed by atoms with Crippen molar-refractivity contribution in [2.45, 2.75) is 38.5 Å². The molecule has 0 aliphatic heterocycles. The summed E-state index contributed by atoms with van der Waals surface area (Å²) in [5.41, 5.74) is 5.17. The molecular weight excluding hydrogens is 222 g/mol. The Morgan fingerprint density at radius 3 is 2.94 bits per heavy atom. The van der Waals surface area contributed by atoms with Crippen LogP contribution in [0, 0.1) is 0 Å². The Morgan fingerprint density at radius 1 is 1.28 bits per heavy atom. The van der Waals surface area contributed by atoms with E-state index in [-0.39, 0.29) is 12.5 Å². The molecule has 18 heavy (non-hydrogen) atoms. The average Bonchev–Trinajstić information content (AvgIpc) is 2.45. The lowest BCUT2D eigenvalue weighted by Gasteiger charge is -2.18. The van der Waals surface area contributed by atoms with Crippen LogP contribution >= 0.6 is 0 Å². The minimum absolute atomic E-state index is 0.187. The van der Waals surface area contributed by atoms with Crippen LogP contribution in [0.25, 0.3) is 10.9 Å². The molecule has 0 fully saturated rings. The normalized spacial score (nSPS) is 16.6. The van der Waals surface area contributed by atoms with Gasteiger partial charge in [-0.05, 0) is 48.4 Å². The number of benzene rings is 1. The Labute approximate surface area is 108 Å². The predicted molar refractivity (Wildman–Crippen MR) is 73.9 cm³/mol. The summed E-state index contributed by atoms with van der Waals surface area (Å²) < 4.78 is 0. The van der Waals surface area contributed by atoms with Crippen LogP contribution in [-0.4, -0.2) is 16.7 Å². The lowest BCUT2D eigenvalue weighted by atomic mass is 9.89. The van der Waals surface area contributed by atoms with Gasteiger partial charge in [0.05, 0.1) is 5.52 Å². The van der Waals surface area contributed by atoms with E-state index in [1.165, 1.54) is 47.8 Å². The van der Waals surface area contributed by atoms with Crippen LogP contribution in [0.4, 0.5) is 0 Å². The SMILES string of the molecule is CC(CO)c1ccc2c3c(cnc2c1)CCCC3. The Balaban J connectivity index is 2.13. The number of aromatic nitrogens is 1. The van der Waals surface area contributed by atoms with Crippen LogP contribution in [-0.2, 0) is 12.8 Å². The first-order valence-electron chi connectivity index (χ1n) is 6.81. The topological polar surface area (TPSA) is 33.1 Å². The van der Waals surface area contributed by atoms with Crippen LogP contribution in [0.1, 0.15) is 42.4 Å². The zero-order valence-corrected chi connectivity index (χ0v) is 10.8. The van der Waals surface area contributed by atoms with E-state index in [2.05, 4.69) is 23.2 Å². The van der Waals surface area contributed by atoms with E-state index < -0.39 is 0 Å². The summed E-state index contributed by atoms with van der Waals surface area (Å²) in [5, 5.41) is 10.5. The summed E-state index contributed by atoms with van der Waals surface area (Å²) in [4.78, 5) is 4.59. The van der Waals surface area contributed by atoms with Gasteiger partial charge in [-0.2, -0.15) is 0 Å². The molecule has 1 heterocycles. The second-order valence-electron chi connectivity index (χ2n) is 5.33. The van der Waals surface area contributed by atoms with Gasteiger partial charge in [-0.3, -0.25) is 4.98 Å². The molecule has 2 aromatic rings. The maximum Gasteiger partial charge on any atom is 0.0707 e. The maximum absolute atomic E-state index is 9.23. The molecule has 1 aliphatic carbocycles. The smallest absolute Gasteiger partial charge is 0.0707 e. The molecule has 2 heteroatoms. The number of aliphatic hydroxyl groups excluding tert-OH is 1.